The molecule has 0 saturated carbocycles. The van der Waals surface area contributed by atoms with Crippen molar-refractivity contribution in [2.24, 2.45) is 0 Å². The van der Waals surface area contributed by atoms with Gasteiger partial charge in [-0.2, -0.15) is 0 Å². The number of carbonyl (C=O) groups is 2. The molecule has 5 nitrogen and oxygen atoms in total. The summed E-state index contributed by atoms with van der Waals surface area (Å²) in [6, 6.07) is -0.798. The second-order valence-corrected chi connectivity index (χ2v) is 3.83. The lowest BCUT2D eigenvalue weighted by molar-refractivity contribution is -0.322. The minimum absolute atomic E-state index is 0.317. The van der Waals surface area contributed by atoms with Crippen LogP contribution >= 0.6 is 0 Å². The molecule has 0 N–H and O–H groups in total. The highest BCUT2D eigenvalue weighted by atomic mass is 16.4. The Morgan fingerprint density at radius 1 is 1.40 bits per heavy atom. The van der Waals surface area contributed by atoms with E-state index in [2.05, 4.69) is 0 Å². The first kappa shape index (κ1) is 12.0. The maximum absolute atomic E-state index is 11.1. The van der Waals surface area contributed by atoms with Crippen LogP contribution in [0.3, 0.4) is 0 Å². The van der Waals surface area contributed by atoms with Gasteiger partial charge in [0, 0.05) is 0 Å². The zero-order valence-electron chi connectivity index (χ0n) is 8.99. The molecular weight excluding hydrogens is 198 g/mol. The van der Waals surface area contributed by atoms with E-state index in [-0.39, 0.29) is 0 Å². The van der Waals surface area contributed by atoms with Gasteiger partial charge in [-0.05, 0) is 25.8 Å². The van der Waals surface area contributed by atoms with Gasteiger partial charge in [-0.3, -0.25) is 4.90 Å². The lowest BCUT2D eigenvalue weighted by Gasteiger charge is -2.41. The summed E-state index contributed by atoms with van der Waals surface area (Å²) in [4.78, 5) is 23.4. The molecule has 1 aliphatic rings. The summed E-state index contributed by atoms with van der Waals surface area (Å²) in [5.41, 5.74) is -1.13. The maximum Gasteiger partial charge on any atom is 0.0618 e. The van der Waals surface area contributed by atoms with Crippen LogP contribution in [-0.4, -0.2) is 35.0 Å². The highest BCUT2D eigenvalue weighted by Gasteiger charge is 2.45. The number of carbonyl (C=O) groups excluding carboxylic acids is 2. The van der Waals surface area contributed by atoms with E-state index in [1.807, 2.05) is 0 Å². The normalized spacial score (nSPS) is 31.7. The summed E-state index contributed by atoms with van der Waals surface area (Å²) in [7, 11) is 0. The number of rotatable bonds is 4. The van der Waals surface area contributed by atoms with E-state index >= 15 is 0 Å². The number of nitrogens with zero attached hydrogens (tertiary/aromatic N) is 1. The summed E-state index contributed by atoms with van der Waals surface area (Å²) in [5, 5.41) is 22.0. The second-order valence-electron chi connectivity index (χ2n) is 3.83. The van der Waals surface area contributed by atoms with Gasteiger partial charge in [-0.15, -0.1) is 0 Å². The predicted molar refractivity (Wildman–Crippen MR) is 48.4 cm³/mol. The van der Waals surface area contributed by atoms with Crippen molar-refractivity contribution in [3.63, 3.8) is 0 Å². The number of likely N-dealkylation sites (tertiary alicyclic amines) is 1. The largest absolute Gasteiger partial charge is 0.548 e. The van der Waals surface area contributed by atoms with E-state index in [9.17, 15) is 19.8 Å². The quantitative estimate of drug-likeness (QED) is 0.545. The SMILES string of the molecule is CCN1C(C(=O)[O-])CCC1(CC)C(=O)[O-]. The van der Waals surface area contributed by atoms with Gasteiger partial charge in [0.05, 0.1) is 23.5 Å². The Bertz CT molecular complexity index is 279. The van der Waals surface area contributed by atoms with Gasteiger partial charge in [0.25, 0.3) is 0 Å². The van der Waals surface area contributed by atoms with Crippen molar-refractivity contribution in [3.8, 4) is 0 Å². The number of carboxylic acids is 2. The molecule has 15 heavy (non-hydrogen) atoms. The molecule has 1 rings (SSSR count). The number of hydrogen-bond donors (Lipinski definition) is 0. The Kier molecular flexibility index (Phi) is 3.34. The van der Waals surface area contributed by atoms with Crippen LogP contribution in [0.1, 0.15) is 33.1 Å². The summed E-state index contributed by atoms with van der Waals surface area (Å²) in [6.07, 6.45) is 0.989. The summed E-state index contributed by atoms with van der Waals surface area (Å²) in [5.74, 6) is -2.39. The third-order valence-corrected chi connectivity index (χ3v) is 3.33. The molecule has 1 aliphatic heterocycles. The van der Waals surface area contributed by atoms with Gasteiger partial charge in [-0.25, -0.2) is 0 Å². The van der Waals surface area contributed by atoms with Gasteiger partial charge in [0.1, 0.15) is 0 Å². The molecule has 0 aromatic heterocycles. The van der Waals surface area contributed by atoms with E-state index in [1.54, 1.807) is 13.8 Å². The smallest absolute Gasteiger partial charge is 0.0618 e. The number of aliphatic carboxylic acids is 2. The minimum atomic E-state index is -1.20. The first-order chi connectivity index (χ1) is 6.99. The molecule has 0 amide bonds. The molecule has 1 fully saturated rings. The van der Waals surface area contributed by atoms with Gasteiger partial charge in [-0.1, -0.05) is 13.8 Å². The van der Waals surface area contributed by atoms with Crippen LogP contribution in [-0.2, 0) is 9.59 Å². The predicted octanol–water partition coefficient (Wildman–Crippen LogP) is -1.88. The molecule has 2 atom stereocenters. The van der Waals surface area contributed by atoms with Crippen LogP contribution < -0.4 is 10.2 Å². The average molecular weight is 213 g/mol. The minimum Gasteiger partial charge on any atom is -0.548 e. The van der Waals surface area contributed by atoms with Gasteiger partial charge >= 0.3 is 0 Å². The van der Waals surface area contributed by atoms with Crippen molar-refractivity contribution in [1.29, 1.82) is 0 Å². The molecule has 0 bridgehead atoms. The molecule has 1 heterocycles. The van der Waals surface area contributed by atoms with E-state index in [1.165, 1.54) is 4.90 Å². The first-order valence-electron chi connectivity index (χ1n) is 5.18. The standard InChI is InChI=1S/C10H17NO4/c1-3-10(9(14)15)6-5-7(8(12)13)11(10)4-2/h7H,3-6H2,1-2H3,(H,12,13)(H,14,15)/p-2. The molecule has 2 unspecified atom stereocenters. The lowest BCUT2D eigenvalue weighted by Crippen LogP contribution is -2.60. The van der Waals surface area contributed by atoms with Crippen LogP contribution in [0.15, 0.2) is 0 Å². The second kappa shape index (κ2) is 4.18. The fraction of sp³-hybridized carbons (Fsp3) is 0.800. The average Bonchev–Trinajstić information content (AvgIpc) is 2.56. The third-order valence-electron chi connectivity index (χ3n) is 3.33. The maximum atomic E-state index is 11.1. The molecule has 0 spiro atoms. The molecular formula is C10H15NO4-2. The third kappa shape index (κ3) is 1.71. The molecule has 5 heteroatoms. The summed E-state index contributed by atoms with van der Waals surface area (Å²) in [6.45, 7) is 3.85. The highest BCUT2D eigenvalue weighted by Crippen LogP contribution is 2.35. The topological polar surface area (TPSA) is 83.5 Å². The Balaban J connectivity index is 3.02. The van der Waals surface area contributed by atoms with Gasteiger partial charge in [0.2, 0.25) is 0 Å². The highest BCUT2D eigenvalue weighted by molar-refractivity contribution is 5.80. The van der Waals surface area contributed by atoms with Crippen molar-refractivity contribution < 1.29 is 19.8 Å². The van der Waals surface area contributed by atoms with E-state index in [0.717, 1.165) is 0 Å². The Labute approximate surface area is 88.7 Å². The fourth-order valence-electron chi connectivity index (χ4n) is 2.48. The molecule has 1 saturated heterocycles. The van der Waals surface area contributed by atoms with Crippen molar-refractivity contribution >= 4 is 11.9 Å². The summed E-state index contributed by atoms with van der Waals surface area (Å²) >= 11 is 0. The van der Waals surface area contributed by atoms with Crippen molar-refractivity contribution in [2.45, 2.75) is 44.7 Å². The Hall–Kier alpha value is -1.10. The van der Waals surface area contributed by atoms with Crippen molar-refractivity contribution in [1.82, 2.24) is 4.90 Å². The lowest BCUT2D eigenvalue weighted by atomic mass is 9.93. The van der Waals surface area contributed by atoms with Gasteiger partial charge < -0.3 is 19.8 Å². The fourth-order valence-corrected chi connectivity index (χ4v) is 2.48. The molecule has 86 valence electrons. The van der Waals surface area contributed by atoms with Crippen LogP contribution in [0, 0.1) is 0 Å². The molecule has 0 radical (unpaired) electrons. The van der Waals surface area contributed by atoms with Crippen molar-refractivity contribution in [3.05, 3.63) is 0 Å². The van der Waals surface area contributed by atoms with Crippen LogP contribution in [0.4, 0.5) is 0 Å². The van der Waals surface area contributed by atoms with Crippen molar-refractivity contribution in [2.75, 3.05) is 6.54 Å². The zero-order chi connectivity index (χ0) is 11.6. The van der Waals surface area contributed by atoms with E-state index in [4.69, 9.17) is 0 Å². The van der Waals surface area contributed by atoms with Gasteiger partial charge in [0.15, 0.2) is 0 Å². The first-order valence-corrected chi connectivity index (χ1v) is 5.18. The van der Waals surface area contributed by atoms with Crippen LogP contribution in [0.5, 0.6) is 0 Å². The number of hydrogen-bond acceptors (Lipinski definition) is 5. The van der Waals surface area contributed by atoms with E-state index in [0.29, 0.717) is 25.8 Å². The molecule has 0 aromatic rings. The zero-order valence-corrected chi connectivity index (χ0v) is 8.99. The molecule has 0 aliphatic carbocycles. The number of carboxylic acid groups (broad SMARTS) is 2. The molecule has 0 aromatic carbocycles. The summed E-state index contributed by atoms with van der Waals surface area (Å²) < 4.78 is 0. The monoisotopic (exact) mass is 213 g/mol. The van der Waals surface area contributed by atoms with E-state index < -0.39 is 23.5 Å². The number of likely N-dealkylation sites (N-methyl/N-ethyl adjacent to an activating group) is 1. The Morgan fingerprint density at radius 3 is 2.33 bits per heavy atom. The van der Waals surface area contributed by atoms with Crippen LogP contribution in [0.25, 0.3) is 0 Å². The van der Waals surface area contributed by atoms with Crippen LogP contribution in [0.2, 0.25) is 0 Å². The Morgan fingerprint density at radius 2 is 2.00 bits per heavy atom.